The highest BCUT2D eigenvalue weighted by Crippen LogP contribution is 2.56. The second-order valence-corrected chi connectivity index (χ2v) is 10.2. The Bertz CT molecular complexity index is 1170. The van der Waals surface area contributed by atoms with E-state index >= 15 is 0 Å². The number of piperazine rings is 1. The first-order valence-corrected chi connectivity index (χ1v) is 12.3. The molecule has 4 atom stereocenters. The number of hydrogen-bond donors (Lipinski definition) is 0. The van der Waals surface area contributed by atoms with Crippen LogP contribution >= 0.6 is 11.6 Å². The molecule has 34 heavy (non-hydrogen) atoms. The maximum absolute atomic E-state index is 14.1. The molecular formula is C26H25ClFN3O3. The third-order valence-electron chi connectivity index (χ3n) is 8.13. The van der Waals surface area contributed by atoms with Crippen LogP contribution in [0.25, 0.3) is 0 Å². The summed E-state index contributed by atoms with van der Waals surface area (Å²) in [6.07, 6.45) is 3.01. The predicted octanol–water partition coefficient (Wildman–Crippen LogP) is 3.98. The molecule has 2 aromatic rings. The van der Waals surface area contributed by atoms with Gasteiger partial charge in [-0.25, -0.2) is 4.39 Å². The lowest BCUT2D eigenvalue weighted by atomic mass is 9.81. The van der Waals surface area contributed by atoms with E-state index in [0.717, 1.165) is 19.3 Å². The van der Waals surface area contributed by atoms with Crippen LogP contribution in [-0.4, -0.2) is 48.8 Å². The lowest BCUT2D eigenvalue weighted by Gasteiger charge is -2.36. The third kappa shape index (κ3) is 3.24. The van der Waals surface area contributed by atoms with Crippen molar-refractivity contribution in [3.05, 3.63) is 58.9 Å². The standard InChI is InChI=1S/C26H25ClFN3O3/c27-19-8-7-17(31-25(33)22-15-5-6-16(13-15)23(22)26(31)34)14-18(19)24(32)30-11-9-29(10-12-30)21-4-2-1-3-20(21)28/h1-4,7-8,14-16,22-23H,5-6,9-13H2/t15-,16-,22+,23+/m0/s1. The van der Waals surface area contributed by atoms with Crippen LogP contribution in [0.15, 0.2) is 42.5 Å². The van der Waals surface area contributed by atoms with E-state index in [-0.39, 0.29) is 46.0 Å². The second kappa shape index (κ2) is 8.08. The summed E-state index contributed by atoms with van der Waals surface area (Å²) in [5.41, 5.74) is 1.22. The minimum atomic E-state index is -0.281. The minimum Gasteiger partial charge on any atom is -0.366 e. The Balaban J connectivity index is 1.21. The molecule has 8 heteroatoms. The zero-order chi connectivity index (χ0) is 23.6. The van der Waals surface area contributed by atoms with Gasteiger partial charge in [0, 0.05) is 26.2 Å². The topological polar surface area (TPSA) is 60.9 Å². The molecule has 2 saturated heterocycles. The Morgan fingerprint density at radius 3 is 2.21 bits per heavy atom. The van der Waals surface area contributed by atoms with Crippen LogP contribution in [0.1, 0.15) is 29.6 Å². The first-order valence-electron chi connectivity index (χ1n) is 11.9. The fraction of sp³-hybridized carbons (Fsp3) is 0.423. The molecule has 176 valence electrons. The van der Waals surface area contributed by atoms with E-state index in [1.807, 2.05) is 4.90 Å². The molecule has 2 heterocycles. The molecule has 4 aliphatic rings. The van der Waals surface area contributed by atoms with Gasteiger partial charge in [-0.1, -0.05) is 23.7 Å². The average Bonchev–Trinajstić information content (AvgIpc) is 3.53. The molecule has 4 fully saturated rings. The Kier molecular flexibility index (Phi) is 5.13. The summed E-state index contributed by atoms with van der Waals surface area (Å²) in [5.74, 6) is -0.635. The lowest BCUT2D eigenvalue weighted by molar-refractivity contribution is -0.123. The number of imide groups is 1. The Morgan fingerprint density at radius 1 is 0.912 bits per heavy atom. The van der Waals surface area contributed by atoms with Gasteiger partial charge in [0.15, 0.2) is 0 Å². The van der Waals surface area contributed by atoms with E-state index in [0.29, 0.717) is 49.4 Å². The van der Waals surface area contributed by atoms with Crippen molar-refractivity contribution in [2.24, 2.45) is 23.7 Å². The van der Waals surface area contributed by atoms with E-state index in [9.17, 15) is 18.8 Å². The van der Waals surface area contributed by atoms with Crippen molar-refractivity contribution in [3.63, 3.8) is 0 Å². The number of benzene rings is 2. The number of para-hydroxylation sites is 1. The first-order chi connectivity index (χ1) is 16.4. The number of amides is 3. The van der Waals surface area contributed by atoms with Crippen molar-refractivity contribution in [1.82, 2.24) is 4.90 Å². The summed E-state index contributed by atoms with van der Waals surface area (Å²) in [7, 11) is 0. The Hall–Kier alpha value is -2.93. The van der Waals surface area contributed by atoms with Crippen molar-refractivity contribution in [3.8, 4) is 0 Å². The average molecular weight is 482 g/mol. The molecule has 0 radical (unpaired) electrons. The zero-order valence-electron chi connectivity index (χ0n) is 18.6. The number of carbonyl (C=O) groups is 3. The monoisotopic (exact) mass is 481 g/mol. The fourth-order valence-electron chi connectivity index (χ4n) is 6.51. The van der Waals surface area contributed by atoms with Gasteiger partial charge < -0.3 is 9.80 Å². The van der Waals surface area contributed by atoms with E-state index < -0.39 is 0 Å². The number of halogens is 2. The highest BCUT2D eigenvalue weighted by molar-refractivity contribution is 6.34. The molecule has 2 saturated carbocycles. The normalized spacial score (nSPS) is 28.1. The number of rotatable bonds is 3. The molecule has 0 N–H and O–H groups in total. The smallest absolute Gasteiger partial charge is 0.255 e. The maximum atomic E-state index is 14.1. The SMILES string of the molecule is O=C(c1cc(N2C(=O)[C@@H]3[C@H]4CC[C@@H](C4)[C@H]3C2=O)ccc1Cl)N1CCN(c2ccccc2F)CC1. The highest BCUT2D eigenvalue weighted by atomic mass is 35.5. The van der Waals surface area contributed by atoms with Crippen molar-refractivity contribution in [2.45, 2.75) is 19.3 Å². The molecule has 3 amide bonds. The van der Waals surface area contributed by atoms with Gasteiger partial charge >= 0.3 is 0 Å². The molecule has 2 bridgehead atoms. The molecule has 6 rings (SSSR count). The summed E-state index contributed by atoms with van der Waals surface area (Å²) < 4.78 is 14.1. The zero-order valence-corrected chi connectivity index (χ0v) is 19.4. The van der Waals surface area contributed by atoms with E-state index in [1.165, 1.54) is 11.0 Å². The largest absolute Gasteiger partial charge is 0.366 e. The van der Waals surface area contributed by atoms with Gasteiger partial charge in [0.1, 0.15) is 5.82 Å². The predicted molar refractivity (Wildman–Crippen MR) is 126 cm³/mol. The molecule has 0 aromatic heterocycles. The van der Waals surface area contributed by atoms with Crippen molar-refractivity contribution < 1.29 is 18.8 Å². The maximum Gasteiger partial charge on any atom is 0.255 e. The molecule has 2 aliphatic carbocycles. The van der Waals surface area contributed by atoms with Gasteiger partial charge in [-0.3, -0.25) is 19.3 Å². The van der Waals surface area contributed by atoms with E-state index in [2.05, 4.69) is 0 Å². The van der Waals surface area contributed by atoms with Crippen LogP contribution in [0.2, 0.25) is 5.02 Å². The van der Waals surface area contributed by atoms with Gasteiger partial charge in [0.25, 0.3) is 5.91 Å². The summed E-state index contributed by atoms with van der Waals surface area (Å²) in [6, 6.07) is 11.4. The number of anilines is 2. The van der Waals surface area contributed by atoms with Crippen LogP contribution < -0.4 is 9.80 Å². The van der Waals surface area contributed by atoms with Gasteiger partial charge in [-0.2, -0.15) is 0 Å². The Labute approximate surface area is 202 Å². The van der Waals surface area contributed by atoms with Gasteiger partial charge in [-0.05, 0) is 61.4 Å². The van der Waals surface area contributed by atoms with Gasteiger partial charge in [-0.15, -0.1) is 0 Å². The summed E-state index contributed by atoms with van der Waals surface area (Å²) in [5, 5.41) is 0.282. The molecule has 0 spiro atoms. The van der Waals surface area contributed by atoms with Crippen LogP contribution in [0, 0.1) is 29.5 Å². The van der Waals surface area contributed by atoms with Crippen LogP contribution in [0.4, 0.5) is 15.8 Å². The highest BCUT2D eigenvalue weighted by Gasteiger charge is 2.61. The van der Waals surface area contributed by atoms with Crippen molar-refractivity contribution in [1.29, 1.82) is 0 Å². The first kappa shape index (κ1) is 21.6. The Morgan fingerprint density at radius 2 is 1.56 bits per heavy atom. The van der Waals surface area contributed by atoms with Crippen LogP contribution in [0.3, 0.4) is 0 Å². The second-order valence-electron chi connectivity index (χ2n) is 9.79. The molecule has 6 nitrogen and oxygen atoms in total. The van der Waals surface area contributed by atoms with Crippen LogP contribution in [0.5, 0.6) is 0 Å². The molecule has 0 unspecified atom stereocenters. The molecule has 2 aliphatic heterocycles. The van der Waals surface area contributed by atoms with Crippen molar-refractivity contribution >= 4 is 40.7 Å². The molecule has 2 aromatic carbocycles. The van der Waals surface area contributed by atoms with E-state index in [1.54, 1.807) is 41.3 Å². The summed E-state index contributed by atoms with van der Waals surface area (Å²) >= 11 is 6.39. The number of carbonyl (C=O) groups excluding carboxylic acids is 3. The summed E-state index contributed by atoms with van der Waals surface area (Å²) in [4.78, 5) is 44.6. The summed E-state index contributed by atoms with van der Waals surface area (Å²) in [6.45, 7) is 1.84. The van der Waals surface area contributed by atoms with Crippen LogP contribution in [-0.2, 0) is 9.59 Å². The quantitative estimate of drug-likeness (QED) is 0.622. The fourth-order valence-corrected chi connectivity index (χ4v) is 6.71. The number of fused-ring (bicyclic) bond motifs is 5. The number of nitrogens with zero attached hydrogens (tertiary/aromatic N) is 3. The third-order valence-corrected chi connectivity index (χ3v) is 8.46. The minimum absolute atomic E-state index is 0.138. The lowest BCUT2D eigenvalue weighted by Crippen LogP contribution is -2.49. The van der Waals surface area contributed by atoms with Crippen molar-refractivity contribution in [2.75, 3.05) is 36.0 Å². The number of hydrogen-bond acceptors (Lipinski definition) is 4. The van der Waals surface area contributed by atoms with E-state index in [4.69, 9.17) is 11.6 Å². The van der Waals surface area contributed by atoms with Gasteiger partial charge in [0.2, 0.25) is 11.8 Å². The van der Waals surface area contributed by atoms with Gasteiger partial charge in [0.05, 0.1) is 33.8 Å². The molecular weight excluding hydrogens is 457 g/mol.